The fourth-order valence-corrected chi connectivity index (χ4v) is 1.26. The number of hydrogen-bond acceptors (Lipinski definition) is 1. The predicted molar refractivity (Wildman–Crippen MR) is 58.2 cm³/mol. The van der Waals surface area contributed by atoms with Gasteiger partial charge in [0.15, 0.2) is 0 Å². The number of benzene rings is 1. The molecule has 0 fully saturated rings. The van der Waals surface area contributed by atoms with Crippen LogP contribution in [-0.2, 0) is 0 Å². The Morgan fingerprint density at radius 1 is 1.54 bits per heavy atom. The van der Waals surface area contributed by atoms with Gasteiger partial charge >= 0.3 is 0 Å². The molecule has 13 heavy (non-hydrogen) atoms. The van der Waals surface area contributed by atoms with Crippen LogP contribution in [0.15, 0.2) is 23.2 Å². The third-order valence-corrected chi connectivity index (χ3v) is 2.16. The van der Waals surface area contributed by atoms with E-state index in [1.807, 2.05) is 19.1 Å². The van der Waals surface area contributed by atoms with Crippen LogP contribution in [0.2, 0.25) is 5.02 Å². The van der Waals surface area contributed by atoms with Crippen LogP contribution < -0.4 is 5.73 Å². The molecule has 1 rings (SSSR count). The van der Waals surface area contributed by atoms with Gasteiger partial charge in [-0.25, -0.2) is 4.99 Å². The van der Waals surface area contributed by atoms with Gasteiger partial charge in [-0.3, -0.25) is 0 Å². The van der Waals surface area contributed by atoms with Gasteiger partial charge in [-0.15, -0.1) is 11.6 Å². The minimum atomic E-state index is 0.213. The number of para-hydroxylation sites is 1. The molecule has 0 bridgehead atoms. The second-order valence-electron chi connectivity index (χ2n) is 2.64. The number of rotatable bonds is 2. The molecular formula is C9H10Cl2N2. The van der Waals surface area contributed by atoms with Gasteiger partial charge in [0.25, 0.3) is 0 Å². The minimum absolute atomic E-state index is 0.213. The zero-order valence-corrected chi connectivity index (χ0v) is 8.73. The first-order chi connectivity index (χ1) is 6.15. The number of alkyl halides is 1. The molecule has 1 aromatic rings. The highest BCUT2D eigenvalue weighted by Crippen LogP contribution is 2.28. The molecule has 0 aromatic heterocycles. The van der Waals surface area contributed by atoms with Crippen molar-refractivity contribution >= 4 is 34.7 Å². The van der Waals surface area contributed by atoms with Crippen molar-refractivity contribution in [3.8, 4) is 0 Å². The van der Waals surface area contributed by atoms with Crippen LogP contribution >= 0.6 is 23.2 Å². The van der Waals surface area contributed by atoms with Crippen LogP contribution in [0.5, 0.6) is 0 Å². The Bertz CT molecular complexity index is 314. The molecule has 1 aromatic carbocycles. The first-order valence-electron chi connectivity index (χ1n) is 3.79. The molecule has 0 atom stereocenters. The summed E-state index contributed by atoms with van der Waals surface area (Å²) in [6.45, 7) is 1.92. The third kappa shape index (κ3) is 2.61. The highest BCUT2D eigenvalue weighted by atomic mass is 35.5. The quantitative estimate of drug-likeness (QED) is 0.461. The van der Waals surface area contributed by atoms with Gasteiger partial charge in [-0.2, -0.15) is 0 Å². The van der Waals surface area contributed by atoms with Crippen molar-refractivity contribution in [3.05, 3.63) is 28.8 Å². The van der Waals surface area contributed by atoms with Crippen molar-refractivity contribution in [2.75, 3.05) is 5.88 Å². The molecular weight excluding hydrogens is 207 g/mol. The predicted octanol–water partition coefficient (Wildman–Crippen LogP) is 2.88. The number of nitrogens with two attached hydrogens (primary N) is 1. The third-order valence-electron chi connectivity index (χ3n) is 1.58. The van der Waals surface area contributed by atoms with E-state index >= 15 is 0 Å². The van der Waals surface area contributed by atoms with Gasteiger partial charge in [0.1, 0.15) is 5.84 Å². The maximum absolute atomic E-state index is 5.92. The van der Waals surface area contributed by atoms with Crippen LogP contribution in [0.3, 0.4) is 0 Å². The lowest BCUT2D eigenvalue weighted by Crippen LogP contribution is -2.12. The first-order valence-corrected chi connectivity index (χ1v) is 4.70. The molecule has 0 aliphatic rings. The Kier molecular flexibility index (Phi) is 3.58. The second-order valence-corrected chi connectivity index (χ2v) is 3.32. The van der Waals surface area contributed by atoms with Crippen LogP contribution in [0.4, 0.5) is 5.69 Å². The standard InChI is InChI=1S/C9H10Cl2N2/c1-6-3-2-4-7(11)9(6)13-8(12)5-10/h2-4H,5H2,1H3,(H2,12,13). The number of hydrogen-bond donors (Lipinski definition) is 1. The maximum Gasteiger partial charge on any atom is 0.115 e. The number of aliphatic imine (C=N–C) groups is 1. The van der Waals surface area contributed by atoms with Gasteiger partial charge in [-0.1, -0.05) is 23.7 Å². The summed E-state index contributed by atoms with van der Waals surface area (Å²) in [4.78, 5) is 4.11. The molecule has 2 nitrogen and oxygen atoms in total. The number of aryl methyl sites for hydroxylation is 1. The molecule has 0 aliphatic carbocycles. The first kappa shape index (κ1) is 10.4. The fraction of sp³-hybridized carbons (Fsp3) is 0.222. The molecule has 70 valence electrons. The van der Waals surface area contributed by atoms with Crippen LogP contribution in [0.25, 0.3) is 0 Å². The molecule has 0 unspecified atom stereocenters. The minimum Gasteiger partial charge on any atom is -0.386 e. The van der Waals surface area contributed by atoms with Gasteiger partial charge < -0.3 is 5.73 Å². The molecule has 0 saturated carbocycles. The number of amidine groups is 1. The Morgan fingerprint density at radius 2 is 2.23 bits per heavy atom. The van der Waals surface area contributed by atoms with Gasteiger partial charge in [0.05, 0.1) is 16.6 Å². The van der Waals surface area contributed by atoms with Gasteiger partial charge in [-0.05, 0) is 18.6 Å². The van der Waals surface area contributed by atoms with E-state index in [0.29, 0.717) is 16.5 Å². The van der Waals surface area contributed by atoms with E-state index in [4.69, 9.17) is 28.9 Å². The summed E-state index contributed by atoms with van der Waals surface area (Å²) in [5.41, 5.74) is 7.19. The SMILES string of the molecule is Cc1cccc(Cl)c1N=C(N)CCl. The van der Waals surface area contributed by atoms with Crippen molar-refractivity contribution in [2.24, 2.45) is 10.7 Å². The van der Waals surface area contributed by atoms with E-state index < -0.39 is 0 Å². The molecule has 0 aliphatic heterocycles. The van der Waals surface area contributed by atoms with Crippen LogP contribution in [0, 0.1) is 6.92 Å². The van der Waals surface area contributed by atoms with Crippen molar-refractivity contribution in [3.63, 3.8) is 0 Å². The molecule has 0 amide bonds. The molecule has 2 N–H and O–H groups in total. The van der Waals surface area contributed by atoms with E-state index in [1.165, 1.54) is 0 Å². The topological polar surface area (TPSA) is 38.4 Å². The zero-order valence-electron chi connectivity index (χ0n) is 7.22. The summed E-state index contributed by atoms with van der Waals surface area (Å²) in [7, 11) is 0. The molecule has 0 heterocycles. The van der Waals surface area contributed by atoms with E-state index in [0.717, 1.165) is 5.56 Å². The lowest BCUT2D eigenvalue weighted by molar-refractivity contribution is 1.37. The largest absolute Gasteiger partial charge is 0.386 e. The lowest BCUT2D eigenvalue weighted by atomic mass is 10.2. The fourth-order valence-electron chi connectivity index (χ4n) is 0.938. The number of halogens is 2. The molecule has 0 radical (unpaired) electrons. The summed E-state index contributed by atoms with van der Waals surface area (Å²) in [6.07, 6.45) is 0. The van der Waals surface area contributed by atoms with Gasteiger partial charge in [0.2, 0.25) is 0 Å². The smallest absolute Gasteiger partial charge is 0.115 e. The second kappa shape index (κ2) is 4.49. The highest BCUT2D eigenvalue weighted by Gasteiger charge is 2.01. The summed E-state index contributed by atoms with van der Waals surface area (Å²) in [5.74, 6) is 0.586. The van der Waals surface area contributed by atoms with Crippen molar-refractivity contribution in [1.29, 1.82) is 0 Å². The van der Waals surface area contributed by atoms with Crippen molar-refractivity contribution in [1.82, 2.24) is 0 Å². The Labute approximate surface area is 87.4 Å². The molecule has 0 spiro atoms. The van der Waals surface area contributed by atoms with Crippen LogP contribution in [-0.4, -0.2) is 11.7 Å². The average Bonchev–Trinajstić information content (AvgIpc) is 2.11. The highest BCUT2D eigenvalue weighted by molar-refractivity contribution is 6.33. The maximum atomic E-state index is 5.92. The molecule has 0 saturated heterocycles. The summed E-state index contributed by atoms with van der Waals surface area (Å²) in [5, 5.41) is 0.591. The summed E-state index contributed by atoms with van der Waals surface area (Å²) < 4.78 is 0. The van der Waals surface area contributed by atoms with E-state index in [9.17, 15) is 0 Å². The van der Waals surface area contributed by atoms with Crippen LogP contribution in [0.1, 0.15) is 5.56 Å². The Hall–Kier alpha value is -0.730. The Balaban J connectivity index is 3.14. The number of nitrogens with zero attached hydrogens (tertiary/aromatic N) is 1. The molecule has 4 heteroatoms. The van der Waals surface area contributed by atoms with Crippen molar-refractivity contribution < 1.29 is 0 Å². The van der Waals surface area contributed by atoms with Crippen molar-refractivity contribution in [2.45, 2.75) is 6.92 Å². The normalized spacial score (nSPS) is 11.8. The van der Waals surface area contributed by atoms with E-state index in [-0.39, 0.29) is 5.88 Å². The van der Waals surface area contributed by atoms with E-state index in [1.54, 1.807) is 6.07 Å². The van der Waals surface area contributed by atoms with Gasteiger partial charge in [0, 0.05) is 0 Å². The monoisotopic (exact) mass is 216 g/mol. The lowest BCUT2D eigenvalue weighted by Gasteiger charge is -2.02. The average molecular weight is 217 g/mol. The summed E-state index contributed by atoms with van der Waals surface area (Å²) >= 11 is 11.4. The summed E-state index contributed by atoms with van der Waals surface area (Å²) in [6, 6.07) is 5.56. The zero-order chi connectivity index (χ0) is 9.84. The Morgan fingerprint density at radius 3 is 2.77 bits per heavy atom. The van der Waals surface area contributed by atoms with E-state index in [2.05, 4.69) is 4.99 Å².